The molecule has 0 bridgehead atoms. The van der Waals surface area contributed by atoms with Crippen LogP contribution in [0.3, 0.4) is 0 Å². The first kappa shape index (κ1) is 19.6. The van der Waals surface area contributed by atoms with Gasteiger partial charge in [0.2, 0.25) is 0 Å². The van der Waals surface area contributed by atoms with Crippen molar-refractivity contribution < 1.29 is 71.1 Å². The summed E-state index contributed by atoms with van der Waals surface area (Å²) in [7, 11) is 0. The van der Waals surface area contributed by atoms with Crippen LogP contribution in [0.1, 0.15) is 20.8 Å². The first-order valence-corrected chi connectivity index (χ1v) is 3.67. The maximum Gasteiger partial charge on any atom is 1.00 e. The van der Waals surface area contributed by atoms with Crippen molar-refractivity contribution in [3.8, 4) is 0 Å². The third-order valence-corrected chi connectivity index (χ3v) is 0.771. The molecule has 0 saturated carbocycles. The summed E-state index contributed by atoms with van der Waals surface area (Å²) in [6, 6.07) is 0. The topological polar surface area (TPSA) is 66.8 Å². The smallest absolute Gasteiger partial charge is 0.665 e. The zero-order valence-electron chi connectivity index (χ0n) is 8.83. The van der Waals surface area contributed by atoms with Gasteiger partial charge in [-0.2, -0.15) is 0 Å². The van der Waals surface area contributed by atoms with E-state index in [1.165, 1.54) is 0 Å². The molecule has 0 aliphatic heterocycles. The second-order valence-corrected chi connectivity index (χ2v) is 3.43. The maximum atomic E-state index is 8.34. The molecule has 4 nitrogen and oxygen atoms in total. The Morgan fingerprint density at radius 3 is 2.00 bits per heavy atom. The number of hydrogen-bond acceptors (Lipinski definition) is 3. The fourth-order valence-electron chi connectivity index (χ4n) is 0.443. The van der Waals surface area contributed by atoms with Gasteiger partial charge < -0.3 is 19.7 Å². The van der Waals surface area contributed by atoms with Gasteiger partial charge in [-0.3, -0.25) is 0 Å². The third kappa shape index (κ3) is 32.1. The van der Waals surface area contributed by atoms with Crippen LogP contribution in [0.15, 0.2) is 0 Å². The molecule has 0 unspecified atom stereocenters. The molecule has 0 radical (unpaired) electrons. The molecule has 5 heteroatoms. The molecule has 0 aromatic heterocycles. The Kier molecular flexibility index (Phi) is 19.6. The average Bonchev–Trinajstić information content (AvgIpc) is 1.87. The average molecular weight is 216 g/mol. The van der Waals surface area contributed by atoms with Gasteiger partial charge >= 0.3 is 51.4 Å². The van der Waals surface area contributed by atoms with Crippen LogP contribution in [0.2, 0.25) is 0 Å². The van der Waals surface area contributed by atoms with E-state index in [1.807, 2.05) is 0 Å². The normalized spacial score (nSPS) is 9.23. The summed E-state index contributed by atoms with van der Waals surface area (Å²) in [5.41, 5.74) is 0.217. The molecule has 0 heterocycles. The predicted octanol–water partition coefficient (Wildman–Crippen LogP) is -2.34. The molecule has 0 aliphatic carbocycles. The zero-order chi connectivity index (χ0) is 10.0. The van der Waals surface area contributed by atoms with Gasteiger partial charge in [0.05, 0.1) is 19.8 Å². The summed E-state index contributed by atoms with van der Waals surface area (Å²) in [6.45, 7) is 8.10. The molecule has 0 amide bonds. The fourth-order valence-corrected chi connectivity index (χ4v) is 0.443. The van der Waals surface area contributed by atoms with Gasteiger partial charge in [-0.15, -0.1) is 0 Å². The van der Waals surface area contributed by atoms with Crippen molar-refractivity contribution in [3.05, 3.63) is 0 Å². The molecule has 0 spiro atoms. The van der Waals surface area contributed by atoms with Crippen LogP contribution < -0.4 is 51.4 Å². The van der Waals surface area contributed by atoms with Gasteiger partial charge in [-0.05, 0) is 5.41 Å². The Hall–Kier alpha value is 1.03. The minimum Gasteiger partial charge on any atom is -0.665 e. The van der Waals surface area contributed by atoms with Crippen molar-refractivity contribution in [2.45, 2.75) is 20.8 Å². The van der Waals surface area contributed by atoms with E-state index in [9.17, 15) is 0 Å². The van der Waals surface area contributed by atoms with Gasteiger partial charge in [-0.25, -0.2) is 0 Å². The Morgan fingerprint density at radius 1 is 1.38 bits per heavy atom. The van der Waals surface area contributed by atoms with Gasteiger partial charge in [0.1, 0.15) is 0 Å². The van der Waals surface area contributed by atoms with E-state index < -0.39 is 0 Å². The van der Waals surface area contributed by atoms with Gasteiger partial charge in [0.15, 0.2) is 0 Å². The molecular weight excluding hydrogens is 199 g/mol. The summed E-state index contributed by atoms with van der Waals surface area (Å²) in [5.74, 6) is 0. The number of aliphatic hydroxyl groups is 1. The van der Waals surface area contributed by atoms with Crippen molar-refractivity contribution in [2.75, 3.05) is 19.8 Å². The molecule has 2 N–H and O–H groups in total. The third-order valence-electron chi connectivity index (χ3n) is 0.771. The number of ether oxygens (including phenoxy) is 1. The Morgan fingerprint density at radius 2 is 1.77 bits per heavy atom. The summed E-state index contributed by atoms with van der Waals surface area (Å²) >= 11 is 0. The molecule has 0 fully saturated rings. The second-order valence-electron chi connectivity index (χ2n) is 3.43. The van der Waals surface area contributed by atoms with Gasteiger partial charge in [0, 0.05) is 0 Å². The summed E-state index contributed by atoms with van der Waals surface area (Å²) < 4.78 is 5.10. The number of aliphatic hydroxyl groups excluding tert-OH is 2. The molecule has 0 aromatic carbocycles. The van der Waals surface area contributed by atoms with Crippen molar-refractivity contribution in [1.82, 2.24) is 0 Å². The van der Waals surface area contributed by atoms with Gasteiger partial charge in [0.25, 0.3) is 0 Å². The first-order chi connectivity index (χ1) is 5.47. The van der Waals surface area contributed by atoms with Crippen molar-refractivity contribution in [2.24, 2.45) is 5.41 Å². The first-order valence-electron chi connectivity index (χ1n) is 3.67. The SMILES string of the molecule is CC(C)(C)COCCO.O=[C-]O.[K+]. The zero-order valence-corrected chi connectivity index (χ0v) is 12.0. The van der Waals surface area contributed by atoms with Crippen LogP contribution in [-0.4, -0.2) is 36.5 Å². The molecule has 74 valence electrons. The Bertz CT molecular complexity index is 101. The largest absolute Gasteiger partial charge is 1.00 e. The van der Waals surface area contributed by atoms with Crippen molar-refractivity contribution >= 4 is 6.47 Å². The molecular formula is C8H17KO4. The van der Waals surface area contributed by atoms with E-state index >= 15 is 0 Å². The van der Waals surface area contributed by atoms with Crippen molar-refractivity contribution in [3.63, 3.8) is 0 Å². The summed E-state index contributed by atoms with van der Waals surface area (Å²) in [6.07, 6.45) is 0. The Labute approximate surface area is 122 Å². The quantitative estimate of drug-likeness (QED) is 0.315. The summed E-state index contributed by atoms with van der Waals surface area (Å²) in [4.78, 5) is 8.24. The van der Waals surface area contributed by atoms with Crippen LogP contribution in [-0.2, 0) is 9.53 Å². The minimum absolute atomic E-state index is 0. The predicted molar refractivity (Wildman–Crippen MR) is 45.7 cm³/mol. The molecule has 0 saturated heterocycles. The molecule has 13 heavy (non-hydrogen) atoms. The van der Waals surface area contributed by atoms with E-state index in [4.69, 9.17) is 19.7 Å². The van der Waals surface area contributed by atoms with Crippen LogP contribution >= 0.6 is 0 Å². The van der Waals surface area contributed by atoms with E-state index in [0.717, 1.165) is 0 Å². The van der Waals surface area contributed by atoms with E-state index in [1.54, 1.807) is 0 Å². The van der Waals surface area contributed by atoms with Crippen LogP contribution in [0, 0.1) is 5.41 Å². The van der Waals surface area contributed by atoms with E-state index in [0.29, 0.717) is 19.7 Å². The van der Waals surface area contributed by atoms with Crippen LogP contribution in [0.5, 0.6) is 0 Å². The van der Waals surface area contributed by atoms with Crippen LogP contribution in [0.4, 0.5) is 0 Å². The number of rotatable bonds is 3. The molecule has 0 atom stereocenters. The molecule has 0 aliphatic rings. The second kappa shape index (κ2) is 13.0. The minimum atomic E-state index is 0. The van der Waals surface area contributed by atoms with E-state index in [2.05, 4.69) is 20.8 Å². The Balaban J connectivity index is -0.000000220. The fraction of sp³-hybridized carbons (Fsp3) is 0.875. The number of hydrogen-bond donors (Lipinski definition) is 2. The molecule has 0 aromatic rings. The van der Waals surface area contributed by atoms with Crippen molar-refractivity contribution in [1.29, 1.82) is 0 Å². The standard InChI is InChI=1S/C7H16O2.CHO2.K/c1-7(2,3)6-9-5-4-8;2-1-3;/h8H,4-6H2,1-3H3;(H,2,3);/q;-1;+1. The summed E-state index contributed by atoms with van der Waals surface area (Å²) in [5, 5.41) is 15.1. The van der Waals surface area contributed by atoms with Crippen LogP contribution in [0.25, 0.3) is 0 Å². The maximum absolute atomic E-state index is 8.34. The van der Waals surface area contributed by atoms with Gasteiger partial charge in [-0.1, -0.05) is 27.2 Å². The van der Waals surface area contributed by atoms with E-state index in [-0.39, 0.29) is 63.4 Å². The monoisotopic (exact) mass is 216 g/mol. The molecule has 0 rings (SSSR count).